The molecule has 0 saturated carbocycles. The highest BCUT2D eigenvalue weighted by molar-refractivity contribution is 5.78. The molecule has 0 aliphatic rings. The summed E-state index contributed by atoms with van der Waals surface area (Å²) in [4.78, 5) is 8.12. The molecule has 1 heterocycles. The molecule has 0 aliphatic carbocycles. The van der Waals surface area contributed by atoms with Crippen LogP contribution in [0.15, 0.2) is 29.5 Å². The third-order valence-corrected chi connectivity index (χ3v) is 1.62. The molecule has 1 aromatic rings. The topological polar surface area (TPSA) is 63.3 Å². The number of aromatic nitrogens is 1. The van der Waals surface area contributed by atoms with Gasteiger partial charge in [0.25, 0.3) is 0 Å². The lowest BCUT2D eigenvalue weighted by Gasteiger charge is -2.08. The SMILES string of the molecule is CC(C)NC(N)=NCc1ccncc1. The number of rotatable bonds is 3. The molecule has 1 aromatic heterocycles. The van der Waals surface area contributed by atoms with Crippen LogP contribution in [0, 0.1) is 0 Å². The second-order valence-electron chi connectivity index (χ2n) is 3.36. The van der Waals surface area contributed by atoms with Gasteiger partial charge in [-0.15, -0.1) is 0 Å². The summed E-state index contributed by atoms with van der Waals surface area (Å²) in [5.41, 5.74) is 6.75. The van der Waals surface area contributed by atoms with Gasteiger partial charge in [-0.25, -0.2) is 4.99 Å². The van der Waals surface area contributed by atoms with Gasteiger partial charge in [0.2, 0.25) is 0 Å². The van der Waals surface area contributed by atoms with E-state index < -0.39 is 0 Å². The standard InChI is InChI=1S/C10H16N4/c1-8(2)14-10(11)13-7-9-3-5-12-6-4-9/h3-6,8H,7H2,1-2H3,(H3,11,13,14). The van der Waals surface area contributed by atoms with Gasteiger partial charge in [-0.2, -0.15) is 0 Å². The Bertz CT molecular complexity index is 292. The van der Waals surface area contributed by atoms with E-state index in [1.54, 1.807) is 12.4 Å². The molecule has 0 amide bonds. The van der Waals surface area contributed by atoms with E-state index in [4.69, 9.17) is 5.73 Å². The van der Waals surface area contributed by atoms with Gasteiger partial charge in [-0.3, -0.25) is 4.98 Å². The first-order chi connectivity index (χ1) is 6.68. The number of nitrogens with one attached hydrogen (secondary N) is 1. The average Bonchev–Trinajstić information content (AvgIpc) is 2.15. The molecule has 4 heteroatoms. The number of aliphatic imine (C=N–C) groups is 1. The summed E-state index contributed by atoms with van der Waals surface area (Å²) in [6.45, 7) is 4.64. The minimum Gasteiger partial charge on any atom is -0.370 e. The van der Waals surface area contributed by atoms with E-state index in [0.717, 1.165) is 5.56 Å². The Balaban J connectivity index is 2.47. The van der Waals surface area contributed by atoms with Crippen LogP contribution in [0.3, 0.4) is 0 Å². The molecule has 0 aromatic carbocycles. The van der Waals surface area contributed by atoms with E-state index in [1.807, 2.05) is 26.0 Å². The van der Waals surface area contributed by atoms with Crippen molar-refractivity contribution in [3.63, 3.8) is 0 Å². The summed E-state index contributed by atoms with van der Waals surface area (Å²) in [7, 11) is 0. The number of hydrogen-bond acceptors (Lipinski definition) is 2. The van der Waals surface area contributed by atoms with Gasteiger partial charge in [0.1, 0.15) is 0 Å². The highest BCUT2D eigenvalue weighted by Gasteiger charge is 1.94. The van der Waals surface area contributed by atoms with E-state index >= 15 is 0 Å². The summed E-state index contributed by atoms with van der Waals surface area (Å²) < 4.78 is 0. The monoisotopic (exact) mass is 192 g/mol. The first-order valence-electron chi connectivity index (χ1n) is 4.64. The first-order valence-corrected chi connectivity index (χ1v) is 4.64. The van der Waals surface area contributed by atoms with E-state index in [9.17, 15) is 0 Å². The molecule has 0 aliphatic heterocycles. The normalized spacial score (nSPS) is 11.8. The number of pyridine rings is 1. The number of hydrogen-bond donors (Lipinski definition) is 2. The molecule has 0 unspecified atom stereocenters. The van der Waals surface area contributed by atoms with Crippen LogP contribution < -0.4 is 11.1 Å². The molecule has 4 nitrogen and oxygen atoms in total. The highest BCUT2D eigenvalue weighted by Crippen LogP contribution is 1.97. The largest absolute Gasteiger partial charge is 0.370 e. The maximum absolute atomic E-state index is 5.65. The zero-order chi connectivity index (χ0) is 10.4. The molecular weight excluding hydrogens is 176 g/mol. The van der Waals surface area contributed by atoms with Crippen molar-refractivity contribution in [3.05, 3.63) is 30.1 Å². The molecule has 1 rings (SSSR count). The minimum absolute atomic E-state index is 0.316. The lowest BCUT2D eigenvalue weighted by Crippen LogP contribution is -2.36. The summed E-state index contributed by atoms with van der Waals surface area (Å²) in [6, 6.07) is 4.16. The van der Waals surface area contributed by atoms with Gasteiger partial charge in [0.15, 0.2) is 5.96 Å². The van der Waals surface area contributed by atoms with Gasteiger partial charge < -0.3 is 11.1 Å². The van der Waals surface area contributed by atoms with Gasteiger partial charge in [-0.05, 0) is 31.5 Å². The van der Waals surface area contributed by atoms with E-state index in [0.29, 0.717) is 18.5 Å². The Hall–Kier alpha value is -1.58. The Morgan fingerprint density at radius 2 is 2.14 bits per heavy atom. The molecule has 76 valence electrons. The van der Waals surface area contributed by atoms with Crippen LogP contribution in [0.25, 0.3) is 0 Å². The molecule has 0 fully saturated rings. The predicted octanol–water partition coefficient (Wildman–Crippen LogP) is 0.894. The van der Waals surface area contributed by atoms with E-state index in [1.165, 1.54) is 0 Å². The lowest BCUT2D eigenvalue weighted by molar-refractivity contribution is 0.723. The van der Waals surface area contributed by atoms with Crippen LogP contribution in [-0.2, 0) is 6.54 Å². The lowest BCUT2D eigenvalue weighted by atomic mass is 10.3. The molecule has 0 radical (unpaired) electrons. The van der Waals surface area contributed by atoms with Crippen molar-refractivity contribution in [1.29, 1.82) is 0 Å². The van der Waals surface area contributed by atoms with Crippen molar-refractivity contribution in [3.8, 4) is 0 Å². The second-order valence-corrected chi connectivity index (χ2v) is 3.36. The van der Waals surface area contributed by atoms with Crippen molar-refractivity contribution in [2.24, 2.45) is 10.7 Å². The fourth-order valence-electron chi connectivity index (χ4n) is 1.01. The smallest absolute Gasteiger partial charge is 0.189 e. The quantitative estimate of drug-likeness (QED) is 0.552. The van der Waals surface area contributed by atoms with Crippen LogP contribution in [0.4, 0.5) is 0 Å². The maximum Gasteiger partial charge on any atom is 0.189 e. The molecule has 14 heavy (non-hydrogen) atoms. The minimum atomic E-state index is 0.316. The molecular formula is C10H16N4. The molecule has 0 spiro atoms. The number of nitrogens with two attached hydrogens (primary N) is 1. The fraction of sp³-hybridized carbons (Fsp3) is 0.400. The Labute approximate surface area is 84.3 Å². The van der Waals surface area contributed by atoms with Gasteiger partial charge >= 0.3 is 0 Å². The third-order valence-electron chi connectivity index (χ3n) is 1.62. The van der Waals surface area contributed by atoms with Crippen LogP contribution in [-0.4, -0.2) is 17.0 Å². The average molecular weight is 192 g/mol. The van der Waals surface area contributed by atoms with Crippen molar-refractivity contribution in [2.45, 2.75) is 26.4 Å². The van der Waals surface area contributed by atoms with Gasteiger partial charge in [0, 0.05) is 18.4 Å². The highest BCUT2D eigenvalue weighted by atomic mass is 15.1. The molecule has 3 N–H and O–H groups in total. The summed E-state index contributed by atoms with van der Waals surface area (Å²) in [6.07, 6.45) is 3.49. The zero-order valence-electron chi connectivity index (χ0n) is 8.57. The third kappa shape index (κ3) is 3.89. The first kappa shape index (κ1) is 10.5. The van der Waals surface area contributed by atoms with Crippen molar-refractivity contribution in [2.75, 3.05) is 0 Å². The van der Waals surface area contributed by atoms with Crippen LogP contribution in [0.1, 0.15) is 19.4 Å². The molecule has 0 atom stereocenters. The molecule has 0 saturated heterocycles. The van der Waals surface area contributed by atoms with Crippen LogP contribution in [0.5, 0.6) is 0 Å². The number of nitrogens with zero attached hydrogens (tertiary/aromatic N) is 2. The van der Waals surface area contributed by atoms with E-state index in [-0.39, 0.29) is 0 Å². The number of guanidine groups is 1. The Morgan fingerprint density at radius 1 is 1.50 bits per heavy atom. The van der Waals surface area contributed by atoms with E-state index in [2.05, 4.69) is 15.3 Å². The predicted molar refractivity (Wildman–Crippen MR) is 57.8 cm³/mol. The Kier molecular flexibility index (Phi) is 3.91. The maximum atomic E-state index is 5.65. The summed E-state index contributed by atoms with van der Waals surface area (Å²) >= 11 is 0. The zero-order valence-corrected chi connectivity index (χ0v) is 8.57. The summed E-state index contributed by atoms with van der Waals surface area (Å²) in [5, 5.41) is 3.03. The fourth-order valence-corrected chi connectivity index (χ4v) is 1.01. The van der Waals surface area contributed by atoms with Crippen LogP contribution in [0.2, 0.25) is 0 Å². The molecule has 0 bridgehead atoms. The van der Waals surface area contributed by atoms with Crippen LogP contribution >= 0.6 is 0 Å². The van der Waals surface area contributed by atoms with Crippen molar-refractivity contribution < 1.29 is 0 Å². The second kappa shape index (κ2) is 5.21. The van der Waals surface area contributed by atoms with Crippen molar-refractivity contribution >= 4 is 5.96 Å². The van der Waals surface area contributed by atoms with Crippen molar-refractivity contribution in [1.82, 2.24) is 10.3 Å². The summed E-state index contributed by atoms with van der Waals surface area (Å²) in [5.74, 6) is 0.483. The van der Waals surface area contributed by atoms with Gasteiger partial charge in [-0.1, -0.05) is 0 Å². The van der Waals surface area contributed by atoms with Gasteiger partial charge in [0.05, 0.1) is 6.54 Å². The Morgan fingerprint density at radius 3 is 2.71 bits per heavy atom.